The largest absolute Gasteiger partial charge is 0.346 e. The van der Waals surface area contributed by atoms with E-state index in [0.717, 1.165) is 5.56 Å². The lowest BCUT2D eigenvalue weighted by Crippen LogP contribution is -2.04. The van der Waals surface area contributed by atoms with Crippen molar-refractivity contribution in [1.29, 1.82) is 0 Å². The van der Waals surface area contributed by atoms with Crippen LogP contribution < -0.4 is 5.73 Å². The highest BCUT2D eigenvalue weighted by atomic mass is 16.5. The second-order valence-corrected chi connectivity index (χ2v) is 3.64. The number of aryl methyl sites for hydroxylation is 1. The zero-order valence-corrected chi connectivity index (χ0v) is 8.84. The smallest absolute Gasteiger partial charge is 0.223 e. The van der Waals surface area contributed by atoms with Gasteiger partial charge in [0.25, 0.3) is 0 Å². The van der Waals surface area contributed by atoms with Crippen LogP contribution in [-0.2, 0) is 6.54 Å². The number of hydrogen-bond donors (Lipinski definition) is 1. The molecule has 1 atom stereocenters. The molecule has 2 aromatic heterocycles. The Balaban J connectivity index is 2.11. The second-order valence-electron chi connectivity index (χ2n) is 3.64. The quantitative estimate of drug-likeness (QED) is 0.820. The molecular weight excluding hydrogens is 192 g/mol. The Morgan fingerprint density at radius 3 is 2.93 bits per heavy atom. The standard InChI is InChI=1S/C10H14N4O/c1-7(11)9-3-4-14(5-9)6-10-12-8(2)15-13-10/h3-5,7H,6,11H2,1-2H3. The van der Waals surface area contributed by atoms with E-state index in [9.17, 15) is 0 Å². The zero-order chi connectivity index (χ0) is 10.8. The molecule has 1 unspecified atom stereocenters. The fourth-order valence-electron chi connectivity index (χ4n) is 1.40. The van der Waals surface area contributed by atoms with Gasteiger partial charge in [0.05, 0.1) is 6.54 Å². The van der Waals surface area contributed by atoms with Gasteiger partial charge in [0, 0.05) is 25.4 Å². The number of aromatic nitrogens is 3. The summed E-state index contributed by atoms with van der Waals surface area (Å²) in [5.74, 6) is 1.27. The summed E-state index contributed by atoms with van der Waals surface area (Å²) in [7, 11) is 0. The molecule has 0 saturated heterocycles. The Labute approximate surface area is 87.9 Å². The van der Waals surface area contributed by atoms with Crippen molar-refractivity contribution >= 4 is 0 Å². The van der Waals surface area contributed by atoms with Gasteiger partial charge in [-0.3, -0.25) is 0 Å². The molecule has 2 aromatic rings. The molecule has 0 saturated carbocycles. The molecule has 0 aliphatic heterocycles. The molecular formula is C10H14N4O. The highest BCUT2D eigenvalue weighted by Crippen LogP contribution is 2.10. The van der Waals surface area contributed by atoms with Crippen LogP contribution in [0.1, 0.15) is 30.2 Å². The van der Waals surface area contributed by atoms with Crippen LogP contribution in [0.2, 0.25) is 0 Å². The van der Waals surface area contributed by atoms with E-state index < -0.39 is 0 Å². The van der Waals surface area contributed by atoms with Crippen molar-refractivity contribution in [3.05, 3.63) is 35.7 Å². The summed E-state index contributed by atoms with van der Waals surface area (Å²) in [5, 5.41) is 3.83. The molecule has 0 spiro atoms. The maximum Gasteiger partial charge on any atom is 0.223 e. The van der Waals surface area contributed by atoms with Crippen molar-refractivity contribution in [1.82, 2.24) is 14.7 Å². The van der Waals surface area contributed by atoms with Crippen LogP contribution in [0.3, 0.4) is 0 Å². The first-order valence-electron chi connectivity index (χ1n) is 4.85. The summed E-state index contributed by atoms with van der Waals surface area (Å²) in [4.78, 5) is 4.13. The predicted molar refractivity (Wildman–Crippen MR) is 55.2 cm³/mol. The number of nitrogens with zero attached hydrogens (tertiary/aromatic N) is 3. The summed E-state index contributed by atoms with van der Waals surface area (Å²) >= 11 is 0. The molecule has 0 aromatic carbocycles. The van der Waals surface area contributed by atoms with Gasteiger partial charge in [0.1, 0.15) is 0 Å². The molecule has 0 amide bonds. The molecule has 15 heavy (non-hydrogen) atoms. The van der Waals surface area contributed by atoms with Crippen LogP contribution in [0.15, 0.2) is 23.0 Å². The first-order valence-corrected chi connectivity index (χ1v) is 4.85. The van der Waals surface area contributed by atoms with Crippen molar-refractivity contribution in [3.63, 3.8) is 0 Å². The monoisotopic (exact) mass is 206 g/mol. The molecule has 5 nitrogen and oxygen atoms in total. The Kier molecular flexibility index (Phi) is 2.55. The molecule has 0 fully saturated rings. The van der Waals surface area contributed by atoms with Crippen LogP contribution in [0, 0.1) is 6.92 Å². The van der Waals surface area contributed by atoms with Crippen LogP contribution in [0.5, 0.6) is 0 Å². The van der Waals surface area contributed by atoms with E-state index >= 15 is 0 Å². The van der Waals surface area contributed by atoms with Gasteiger partial charge in [-0.1, -0.05) is 5.16 Å². The minimum Gasteiger partial charge on any atom is -0.346 e. The number of nitrogens with two attached hydrogens (primary N) is 1. The molecule has 2 N–H and O–H groups in total. The van der Waals surface area contributed by atoms with E-state index in [1.807, 2.05) is 30.0 Å². The molecule has 2 rings (SSSR count). The Hall–Kier alpha value is -1.62. The van der Waals surface area contributed by atoms with Gasteiger partial charge in [-0.15, -0.1) is 0 Å². The van der Waals surface area contributed by atoms with Gasteiger partial charge >= 0.3 is 0 Å². The van der Waals surface area contributed by atoms with E-state index in [0.29, 0.717) is 18.3 Å². The summed E-state index contributed by atoms with van der Waals surface area (Å²) in [6.45, 7) is 4.35. The van der Waals surface area contributed by atoms with Gasteiger partial charge in [-0.05, 0) is 18.6 Å². The summed E-state index contributed by atoms with van der Waals surface area (Å²) in [6, 6.07) is 2.05. The maximum atomic E-state index is 5.76. The fourth-order valence-corrected chi connectivity index (χ4v) is 1.40. The van der Waals surface area contributed by atoms with Gasteiger partial charge in [-0.2, -0.15) is 4.98 Å². The Morgan fingerprint density at radius 1 is 1.60 bits per heavy atom. The minimum absolute atomic E-state index is 0.0539. The Bertz CT molecular complexity index is 444. The van der Waals surface area contributed by atoms with E-state index in [-0.39, 0.29) is 6.04 Å². The van der Waals surface area contributed by atoms with Crippen molar-refractivity contribution < 1.29 is 4.52 Å². The highest BCUT2D eigenvalue weighted by molar-refractivity contribution is 5.14. The third-order valence-corrected chi connectivity index (χ3v) is 2.19. The lowest BCUT2D eigenvalue weighted by atomic mass is 10.2. The van der Waals surface area contributed by atoms with Gasteiger partial charge in [-0.25, -0.2) is 0 Å². The van der Waals surface area contributed by atoms with Crippen molar-refractivity contribution in [2.45, 2.75) is 26.4 Å². The maximum absolute atomic E-state index is 5.76. The van der Waals surface area contributed by atoms with Crippen LogP contribution in [0.4, 0.5) is 0 Å². The van der Waals surface area contributed by atoms with E-state index in [1.54, 1.807) is 6.92 Å². The molecule has 0 radical (unpaired) electrons. The topological polar surface area (TPSA) is 69.9 Å². The van der Waals surface area contributed by atoms with Gasteiger partial charge in [0.2, 0.25) is 5.89 Å². The molecule has 2 heterocycles. The van der Waals surface area contributed by atoms with E-state index in [4.69, 9.17) is 10.3 Å². The third kappa shape index (κ3) is 2.24. The van der Waals surface area contributed by atoms with Crippen LogP contribution >= 0.6 is 0 Å². The molecule has 80 valence electrons. The highest BCUT2D eigenvalue weighted by Gasteiger charge is 2.05. The molecule has 0 aliphatic carbocycles. The first-order chi connectivity index (χ1) is 7.15. The van der Waals surface area contributed by atoms with Crippen LogP contribution in [0.25, 0.3) is 0 Å². The Morgan fingerprint density at radius 2 is 2.40 bits per heavy atom. The average Bonchev–Trinajstić information content (AvgIpc) is 2.76. The predicted octanol–water partition coefficient (Wildman–Crippen LogP) is 1.25. The fraction of sp³-hybridized carbons (Fsp3) is 0.400. The normalized spacial score (nSPS) is 13.0. The lowest BCUT2D eigenvalue weighted by molar-refractivity contribution is 0.386. The molecule has 0 bridgehead atoms. The first kappa shape index (κ1) is 9.92. The van der Waals surface area contributed by atoms with E-state index in [1.165, 1.54) is 0 Å². The third-order valence-electron chi connectivity index (χ3n) is 2.19. The minimum atomic E-state index is 0.0539. The summed E-state index contributed by atoms with van der Waals surface area (Å²) < 4.78 is 6.88. The van der Waals surface area contributed by atoms with Crippen molar-refractivity contribution in [2.75, 3.05) is 0 Å². The van der Waals surface area contributed by atoms with Crippen molar-refractivity contribution in [3.8, 4) is 0 Å². The van der Waals surface area contributed by atoms with Gasteiger partial charge in [0.15, 0.2) is 5.82 Å². The summed E-state index contributed by atoms with van der Waals surface area (Å²) in [6.07, 6.45) is 3.96. The number of rotatable bonds is 3. The second kappa shape index (κ2) is 3.86. The van der Waals surface area contributed by atoms with Gasteiger partial charge < -0.3 is 14.8 Å². The zero-order valence-electron chi connectivity index (χ0n) is 8.84. The van der Waals surface area contributed by atoms with Crippen LogP contribution in [-0.4, -0.2) is 14.7 Å². The van der Waals surface area contributed by atoms with Crippen molar-refractivity contribution in [2.24, 2.45) is 5.73 Å². The average molecular weight is 206 g/mol. The molecule has 0 aliphatic rings. The van der Waals surface area contributed by atoms with E-state index in [2.05, 4.69) is 10.1 Å². The number of hydrogen-bond acceptors (Lipinski definition) is 4. The SMILES string of the molecule is Cc1nc(Cn2ccc(C(C)N)c2)no1. The summed E-state index contributed by atoms with van der Waals surface area (Å²) in [5.41, 5.74) is 6.87. The lowest BCUT2D eigenvalue weighted by Gasteiger charge is -2.00. The molecule has 5 heteroatoms.